The van der Waals surface area contributed by atoms with Crippen LogP contribution in [0.3, 0.4) is 0 Å². The zero-order valence-electron chi connectivity index (χ0n) is 18.1. The van der Waals surface area contributed by atoms with Crippen LogP contribution in [0.2, 0.25) is 0 Å². The molecule has 5 amide bonds. The highest BCUT2D eigenvalue weighted by Gasteiger charge is 2.54. The molecule has 1 aliphatic heterocycles. The monoisotopic (exact) mass is 473 g/mol. The molecule has 0 spiro atoms. The Hall–Kier alpha value is -5.06. The van der Waals surface area contributed by atoms with E-state index in [4.69, 9.17) is 0 Å². The lowest BCUT2D eigenvalue weighted by Crippen LogP contribution is -2.49. The number of rotatable bonds is 6. The highest BCUT2D eigenvalue weighted by molar-refractivity contribution is 6.11. The van der Waals surface area contributed by atoms with Gasteiger partial charge in [0.2, 0.25) is 0 Å². The Morgan fingerprint density at radius 1 is 0.886 bits per heavy atom. The highest BCUT2D eigenvalue weighted by atomic mass is 16.6. The van der Waals surface area contributed by atoms with Crippen molar-refractivity contribution in [3.8, 4) is 0 Å². The van der Waals surface area contributed by atoms with Crippen LogP contribution in [0.1, 0.15) is 21.5 Å². The molecule has 3 N–H and O–H groups in total. The van der Waals surface area contributed by atoms with Gasteiger partial charge in [0.25, 0.3) is 23.4 Å². The number of hydrogen-bond donors (Lipinski definition) is 3. The van der Waals surface area contributed by atoms with Crippen LogP contribution < -0.4 is 16.2 Å². The maximum absolute atomic E-state index is 13.5. The number of hydrazine groups is 1. The van der Waals surface area contributed by atoms with Gasteiger partial charge in [-0.2, -0.15) is 0 Å². The summed E-state index contributed by atoms with van der Waals surface area (Å²) in [5, 5.41) is 13.6. The van der Waals surface area contributed by atoms with Gasteiger partial charge in [-0.25, -0.2) is 4.79 Å². The molecule has 0 aromatic heterocycles. The van der Waals surface area contributed by atoms with Crippen molar-refractivity contribution in [2.75, 3.05) is 6.54 Å². The molecule has 0 unspecified atom stereocenters. The van der Waals surface area contributed by atoms with Gasteiger partial charge in [0.15, 0.2) is 5.54 Å². The van der Waals surface area contributed by atoms with Gasteiger partial charge in [-0.3, -0.25) is 40.2 Å². The minimum Gasteiger partial charge on any atom is -0.315 e. The van der Waals surface area contributed by atoms with Gasteiger partial charge >= 0.3 is 6.03 Å². The number of carbonyl (C=O) groups is 4. The van der Waals surface area contributed by atoms with E-state index in [-0.39, 0.29) is 11.3 Å². The molecule has 3 aromatic carbocycles. The molecule has 176 valence electrons. The molecule has 1 saturated heterocycles. The summed E-state index contributed by atoms with van der Waals surface area (Å²) in [6.07, 6.45) is 0. The third kappa shape index (κ3) is 4.42. The van der Waals surface area contributed by atoms with Gasteiger partial charge in [0.1, 0.15) is 6.54 Å². The molecule has 0 bridgehead atoms. The van der Waals surface area contributed by atoms with Crippen LogP contribution in [0.4, 0.5) is 10.5 Å². The van der Waals surface area contributed by atoms with Crippen molar-refractivity contribution in [1.82, 2.24) is 21.1 Å². The predicted molar refractivity (Wildman–Crippen MR) is 123 cm³/mol. The number of amides is 5. The first-order valence-corrected chi connectivity index (χ1v) is 10.4. The summed E-state index contributed by atoms with van der Waals surface area (Å²) in [7, 11) is 0. The predicted octanol–water partition coefficient (Wildman–Crippen LogP) is 1.85. The van der Waals surface area contributed by atoms with Crippen LogP contribution in [0.25, 0.3) is 0 Å². The summed E-state index contributed by atoms with van der Waals surface area (Å²) in [4.78, 5) is 62.1. The maximum Gasteiger partial charge on any atom is 0.326 e. The van der Waals surface area contributed by atoms with Gasteiger partial charge in [0.05, 0.1) is 4.92 Å². The van der Waals surface area contributed by atoms with Gasteiger partial charge in [-0.15, -0.1) is 0 Å². The van der Waals surface area contributed by atoms with Crippen LogP contribution >= 0.6 is 0 Å². The van der Waals surface area contributed by atoms with Crippen molar-refractivity contribution in [2.24, 2.45) is 0 Å². The fraction of sp³-hybridized carbons (Fsp3) is 0.0833. The summed E-state index contributed by atoms with van der Waals surface area (Å²) >= 11 is 0. The lowest BCUT2D eigenvalue weighted by Gasteiger charge is -2.27. The number of hydrogen-bond acceptors (Lipinski definition) is 6. The van der Waals surface area contributed by atoms with Gasteiger partial charge in [0, 0.05) is 17.7 Å². The van der Waals surface area contributed by atoms with Crippen molar-refractivity contribution in [2.45, 2.75) is 5.54 Å². The van der Waals surface area contributed by atoms with Gasteiger partial charge in [-0.05, 0) is 17.2 Å². The van der Waals surface area contributed by atoms with Crippen LogP contribution in [0.5, 0.6) is 0 Å². The van der Waals surface area contributed by atoms with Crippen LogP contribution in [-0.2, 0) is 15.1 Å². The third-order valence-corrected chi connectivity index (χ3v) is 5.46. The first kappa shape index (κ1) is 23.1. The number of nitrogens with zero attached hydrogens (tertiary/aromatic N) is 2. The molecule has 1 fully saturated rings. The minimum absolute atomic E-state index is 0.0540. The smallest absolute Gasteiger partial charge is 0.315 e. The lowest BCUT2D eigenvalue weighted by atomic mass is 9.82. The molecule has 11 nitrogen and oxygen atoms in total. The fourth-order valence-electron chi connectivity index (χ4n) is 3.80. The molecule has 0 radical (unpaired) electrons. The second kappa shape index (κ2) is 9.43. The lowest BCUT2D eigenvalue weighted by molar-refractivity contribution is -0.384. The Morgan fingerprint density at radius 3 is 2.06 bits per heavy atom. The topological polar surface area (TPSA) is 151 Å². The Bertz CT molecular complexity index is 1270. The standard InChI is InChI=1S/C24H19N5O6/c30-20(26-27-21(31)16-8-7-13-19(14-16)29(34)35)15-28-22(32)24(25-23(28)33,17-9-3-1-4-10-17)18-11-5-2-6-12-18/h1-14H,15H2,(H,25,33)(H,26,30)(H,27,31). The van der Waals surface area contributed by atoms with Crippen molar-refractivity contribution >= 4 is 29.4 Å². The quantitative estimate of drug-likeness (QED) is 0.282. The Morgan fingerprint density at radius 2 is 1.49 bits per heavy atom. The molecule has 4 rings (SSSR count). The number of nitro benzene ring substituents is 1. The van der Waals surface area contributed by atoms with E-state index in [0.29, 0.717) is 11.1 Å². The molecular formula is C24H19N5O6. The summed E-state index contributed by atoms with van der Waals surface area (Å²) in [5.74, 6) is -2.30. The van der Waals surface area contributed by atoms with E-state index in [1.807, 2.05) is 0 Å². The minimum atomic E-state index is -1.52. The second-order valence-corrected chi connectivity index (χ2v) is 7.61. The molecule has 11 heteroatoms. The Labute approximate surface area is 198 Å². The van der Waals surface area contributed by atoms with Crippen molar-refractivity contribution < 1.29 is 24.1 Å². The molecule has 0 atom stereocenters. The number of benzene rings is 3. The fourth-order valence-corrected chi connectivity index (χ4v) is 3.80. The number of carbonyl (C=O) groups excluding carboxylic acids is 4. The zero-order chi connectivity index (χ0) is 25.0. The first-order chi connectivity index (χ1) is 16.8. The molecule has 3 aromatic rings. The first-order valence-electron chi connectivity index (χ1n) is 10.4. The van der Waals surface area contributed by atoms with E-state index in [1.165, 1.54) is 18.2 Å². The number of nitrogens with one attached hydrogen (secondary N) is 3. The van der Waals surface area contributed by atoms with E-state index in [0.717, 1.165) is 11.0 Å². The maximum atomic E-state index is 13.5. The number of imide groups is 1. The summed E-state index contributed by atoms with van der Waals surface area (Å²) in [5.41, 5.74) is 3.42. The third-order valence-electron chi connectivity index (χ3n) is 5.46. The molecular weight excluding hydrogens is 454 g/mol. The van der Waals surface area contributed by atoms with Crippen LogP contribution in [0, 0.1) is 10.1 Å². The van der Waals surface area contributed by atoms with Crippen LogP contribution in [-0.4, -0.2) is 40.1 Å². The number of urea groups is 1. The van der Waals surface area contributed by atoms with Crippen molar-refractivity contribution in [3.05, 3.63) is 112 Å². The van der Waals surface area contributed by atoms with E-state index >= 15 is 0 Å². The normalized spacial score (nSPS) is 14.2. The summed E-state index contributed by atoms with van der Waals surface area (Å²) in [6, 6.07) is 21.5. The average Bonchev–Trinajstić information content (AvgIpc) is 3.14. The SMILES string of the molecule is O=C(CN1C(=O)NC(c2ccccc2)(c2ccccc2)C1=O)NNC(=O)c1cccc([N+](=O)[O-])c1. The van der Waals surface area contributed by atoms with E-state index in [9.17, 15) is 29.3 Å². The highest BCUT2D eigenvalue weighted by Crippen LogP contribution is 2.35. The molecule has 35 heavy (non-hydrogen) atoms. The average molecular weight is 473 g/mol. The van der Waals surface area contributed by atoms with Crippen molar-refractivity contribution in [1.29, 1.82) is 0 Å². The van der Waals surface area contributed by atoms with Gasteiger partial charge in [-0.1, -0.05) is 66.7 Å². The number of nitro groups is 1. The molecule has 1 heterocycles. The molecule has 0 aliphatic carbocycles. The summed E-state index contributed by atoms with van der Waals surface area (Å²) < 4.78 is 0. The zero-order valence-corrected chi connectivity index (χ0v) is 18.1. The largest absolute Gasteiger partial charge is 0.326 e. The van der Waals surface area contributed by atoms with E-state index in [2.05, 4.69) is 16.2 Å². The Kier molecular flexibility index (Phi) is 6.23. The van der Waals surface area contributed by atoms with E-state index < -0.39 is 40.8 Å². The number of non-ortho nitro benzene ring substituents is 1. The molecule has 1 aliphatic rings. The van der Waals surface area contributed by atoms with Gasteiger partial charge < -0.3 is 5.32 Å². The van der Waals surface area contributed by atoms with Crippen molar-refractivity contribution in [3.63, 3.8) is 0 Å². The Balaban J connectivity index is 1.50. The second-order valence-electron chi connectivity index (χ2n) is 7.61. The van der Waals surface area contributed by atoms with Crippen LogP contribution in [0.15, 0.2) is 84.9 Å². The molecule has 0 saturated carbocycles. The summed E-state index contributed by atoms with van der Waals surface area (Å²) in [6.45, 7) is -0.665. The van der Waals surface area contributed by atoms with E-state index in [1.54, 1.807) is 60.7 Å².